The van der Waals surface area contributed by atoms with E-state index in [2.05, 4.69) is 21.2 Å². The van der Waals surface area contributed by atoms with Crippen LogP contribution in [0.4, 0.5) is 0 Å². The van der Waals surface area contributed by atoms with Crippen LogP contribution in [-0.4, -0.2) is 25.3 Å². The van der Waals surface area contributed by atoms with Gasteiger partial charge in [-0.05, 0) is 30.7 Å². The van der Waals surface area contributed by atoms with E-state index in [1.165, 1.54) is 0 Å². The fourth-order valence-corrected chi connectivity index (χ4v) is 2.64. The van der Waals surface area contributed by atoms with Crippen LogP contribution in [0.15, 0.2) is 22.7 Å². The summed E-state index contributed by atoms with van der Waals surface area (Å²) in [5, 5.41) is 13.5. The molecule has 0 aliphatic carbocycles. The Bertz CT molecular complexity index is 362. The van der Waals surface area contributed by atoms with Crippen LogP contribution in [0.2, 0.25) is 0 Å². The monoisotopic (exact) mass is 271 g/mol. The van der Waals surface area contributed by atoms with E-state index in [9.17, 15) is 5.11 Å². The van der Waals surface area contributed by atoms with Crippen LogP contribution in [0, 0.1) is 0 Å². The van der Waals surface area contributed by atoms with Crippen molar-refractivity contribution in [1.82, 2.24) is 5.32 Å². The number of benzene rings is 1. The second kappa shape index (κ2) is 4.12. The first-order chi connectivity index (χ1) is 7.15. The molecule has 0 radical (unpaired) electrons. The molecular weight excluding hydrogens is 258 g/mol. The average Bonchev–Trinajstić information content (AvgIpc) is 2.65. The Kier molecular flexibility index (Phi) is 3.00. The summed E-state index contributed by atoms with van der Waals surface area (Å²) in [6.07, 6.45) is 0.748. The fraction of sp³-hybridized carbons (Fsp3) is 0.455. The maximum Gasteiger partial charge on any atom is 0.120 e. The summed E-state index contributed by atoms with van der Waals surface area (Å²) in [6.45, 7) is 1.47. The van der Waals surface area contributed by atoms with E-state index in [4.69, 9.17) is 4.74 Å². The van der Waals surface area contributed by atoms with Crippen molar-refractivity contribution in [1.29, 1.82) is 0 Å². The lowest BCUT2D eigenvalue weighted by Crippen LogP contribution is -2.28. The van der Waals surface area contributed by atoms with Crippen LogP contribution < -0.4 is 10.1 Å². The first-order valence-corrected chi connectivity index (χ1v) is 5.72. The number of methoxy groups -OCH3 is 1. The van der Waals surface area contributed by atoms with E-state index in [0.717, 1.165) is 28.8 Å². The molecule has 3 nitrogen and oxygen atoms in total. The van der Waals surface area contributed by atoms with Crippen molar-refractivity contribution in [3.05, 3.63) is 28.2 Å². The molecule has 2 N–H and O–H groups in total. The van der Waals surface area contributed by atoms with Gasteiger partial charge in [0.15, 0.2) is 0 Å². The molecule has 2 rings (SSSR count). The van der Waals surface area contributed by atoms with Crippen LogP contribution in [-0.2, 0) is 5.60 Å². The largest absolute Gasteiger partial charge is 0.497 e. The minimum Gasteiger partial charge on any atom is -0.497 e. The molecule has 1 aliphatic heterocycles. The van der Waals surface area contributed by atoms with Crippen molar-refractivity contribution in [3.63, 3.8) is 0 Å². The van der Waals surface area contributed by atoms with E-state index in [1.807, 2.05) is 18.2 Å². The zero-order valence-electron chi connectivity index (χ0n) is 8.59. The summed E-state index contributed by atoms with van der Waals surface area (Å²) in [5.74, 6) is 0.792. The second-order valence-corrected chi connectivity index (χ2v) is 4.66. The topological polar surface area (TPSA) is 41.5 Å². The minimum atomic E-state index is -0.745. The quantitative estimate of drug-likeness (QED) is 0.860. The van der Waals surface area contributed by atoms with Crippen molar-refractivity contribution < 1.29 is 9.84 Å². The number of hydrogen-bond donors (Lipinski definition) is 2. The molecule has 0 amide bonds. The van der Waals surface area contributed by atoms with Gasteiger partial charge in [-0.2, -0.15) is 0 Å². The summed E-state index contributed by atoms with van der Waals surface area (Å²) in [6, 6.07) is 5.66. The zero-order valence-corrected chi connectivity index (χ0v) is 10.2. The molecule has 1 saturated heterocycles. The highest BCUT2D eigenvalue weighted by atomic mass is 79.9. The number of ether oxygens (including phenoxy) is 1. The molecular formula is C11H14BrNO2. The van der Waals surface area contributed by atoms with E-state index in [0.29, 0.717) is 6.54 Å². The van der Waals surface area contributed by atoms with Crippen molar-refractivity contribution in [3.8, 4) is 5.75 Å². The van der Waals surface area contributed by atoms with Crippen molar-refractivity contribution in [2.24, 2.45) is 0 Å². The molecule has 15 heavy (non-hydrogen) atoms. The summed E-state index contributed by atoms with van der Waals surface area (Å²) >= 11 is 3.47. The molecule has 1 heterocycles. The molecule has 0 bridgehead atoms. The molecule has 0 spiro atoms. The number of nitrogens with one attached hydrogen (secondary N) is 1. The highest BCUT2D eigenvalue weighted by molar-refractivity contribution is 9.10. The predicted molar refractivity (Wildman–Crippen MR) is 62.1 cm³/mol. The molecule has 1 unspecified atom stereocenters. The Labute approximate surface area is 97.6 Å². The normalized spacial score (nSPS) is 25.5. The molecule has 1 aliphatic rings. The van der Waals surface area contributed by atoms with Gasteiger partial charge in [0.2, 0.25) is 0 Å². The van der Waals surface area contributed by atoms with Crippen molar-refractivity contribution >= 4 is 15.9 Å². The third-order valence-corrected chi connectivity index (χ3v) is 3.47. The highest BCUT2D eigenvalue weighted by Gasteiger charge is 2.34. The van der Waals surface area contributed by atoms with E-state index < -0.39 is 5.60 Å². The third kappa shape index (κ3) is 2.02. The lowest BCUT2D eigenvalue weighted by Gasteiger charge is -2.23. The summed E-state index contributed by atoms with van der Waals surface area (Å²) < 4.78 is 6.01. The smallest absolute Gasteiger partial charge is 0.120 e. The maximum atomic E-state index is 10.4. The molecule has 4 heteroatoms. The number of aliphatic hydroxyl groups is 1. The van der Waals surface area contributed by atoms with Gasteiger partial charge in [0.1, 0.15) is 11.4 Å². The van der Waals surface area contributed by atoms with Gasteiger partial charge in [-0.1, -0.05) is 22.0 Å². The Morgan fingerprint density at radius 1 is 1.53 bits per heavy atom. The summed E-state index contributed by atoms with van der Waals surface area (Å²) in [7, 11) is 1.63. The number of halogens is 1. The molecule has 1 aromatic rings. The molecule has 1 fully saturated rings. The van der Waals surface area contributed by atoms with Gasteiger partial charge in [-0.15, -0.1) is 0 Å². The highest BCUT2D eigenvalue weighted by Crippen LogP contribution is 2.35. The van der Waals surface area contributed by atoms with Gasteiger partial charge in [-0.3, -0.25) is 0 Å². The Balaban J connectivity index is 2.36. The van der Waals surface area contributed by atoms with Crippen molar-refractivity contribution in [2.75, 3.05) is 20.2 Å². The third-order valence-electron chi connectivity index (χ3n) is 2.81. The van der Waals surface area contributed by atoms with Crippen molar-refractivity contribution in [2.45, 2.75) is 12.0 Å². The van der Waals surface area contributed by atoms with Crippen LogP contribution in [0.5, 0.6) is 5.75 Å². The Morgan fingerprint density at radius 3 is 2.87 bits per heavy atom. The molecule has 1 atom stereocenters. The van der Waals surface area contributed by atoms with Gasteiger partial charge in [-0.25, -0.2) is 0 Å². The minimum absolute atomic E-state index is 0.609. The van der Waals surface area contributed by atoms with Gasteiger partial charge in [0.05, 0.1) is 7.11 Å². The van der Waals surface area contributed by atoms with Gasteiger partial charge >= 0.3 is 0 Å². The van der Waals surface area contributed by atoms with E-state index in [1.54, 1.807) is 7.11 Å². The van der Waals surface area contributed by atoms with Crippen LogP contribution in [0.1, 0.15) is 12.0 Å². The Hall–Kier alpha value is -0.580. The average molecular weight is 272 g/mol. The fourth-order valence-electron chi connectivity index (χ4n) is 1.91. The lowest BCUT2D eigenvalue weighted by molar-refractivity contribution is 0.0579. The molecule has 0 aromatic heterocycles. The summed E-state index contributed by atoms with van der Waals surface area (Å²) in [4.78, 5) is 0. The van der Waals surface area contributed by atoms with Crippen LogP contribution >= 0.6 is 15.9 Å². The SMILES string of the molecule is COc1ccc(C2(O)CCNC2)c(Br)c1. The van der Waals surface area contributed by atoms with E-state index >= 15 is 0 Å². The Morgan fingerprint density at radius 2 is 2.33 bits per heavy atom. The molecule has 0 saturated carbocycles. The first kappa shape index (κ1) is 10.9. The lowest BCUT2D eigenvalue weighted by atomic mass is 9.93. The molecule has 1 aromatic carbocycles. The van der Waals surface area contributed by atoms with Gasteiger partial charge in [0, 0.05) is 11.0 Å². The summed E-state index contributed by atoms with van der Waals surface area (Å²) in [5.41, 5.74) is 0.179. The number of rotatable bonds is 2. The first-order valence-electron chi connectivity index (χ1n) is 4.93. The van der Waals surface area contributed by atoms with Crippen LogP contribution in [0.25, 0.3) is 0 Å². The predicted octanol–water partition coefficient (Wildman–Crippen LogP) is 1.64. The standard InChI is InChI=1S/C11H14BrNO2/c1-15-8-2-3-9(10(12)6-8)11(14)4-5-13-7-11/h2-3,6,13-14H,4-5,7H2,1H3. The van der Waals surface area contributed by atoms with Gasteiger partial charge in [0.25, 0.3) is 0 Å². The number of β-amino-alcohol motifs (C(OH)–C–C–N with tert-alkyl or cyclic N) is 1. The molecule has 82 valence electrons. The number of hydrogen-bond acceptors (Lipinski definition) is 3. The zero-order chi connectivity index (χ0) is 10.9. The maximum absolute atomic E-state index is 10.4. The second-order valence-electron chi connectivity index (χ2n) is 3.80. The van der Waals surface area contributed by atoms with E-state index in [-0.39, 0.29) is 0 Å². The van der Waals surface area contributed by atoms with Gasteiger partial charge < -0.3 is 15.2 Å². The van der Waals surface area contributed by atoms with Crippen LogP contribution in [0.3, 0.4) is 0 Å².